The number of hydrogen-bond acceptors (Lipinski definition) is 3. The van der Waals surface area contributed by atoms with Crippen molar-refractivity contribution in [3.05, 3.63) is 18.2 Å². The molecule has 1 aromatic rings. The van der Waals surface area contributed by atoms with E-state index in [0.29, 0.717) is 11.5 Å². The molecule has 1 rings (SSSR count). The Bertz CT molecular complexity index is 337. The van der Waals surface area contributed by atoms with Crippen LogP contribution in [-0.2, 0) is 0 Å². The van der Waals surface area contributed by atoms with Crippen LogP contribution in [0.1, 0.15) is 9.67 Å². The topological polar surface area (TPSA) is 18.5 Å². The Morgan fingerprint density at radius 2 is 2.15 bits per heavy atom. The first-order chi connectivity index (χ1) is 6.96. The van der Waals surface area contributed by atoms with Gasteiger partial charge in [-0.2, -0.15) is 0 Å². The molecule has 0 aliphatic heterocycles. The van der Waals surface area contributed by atoms with Gasteiger partial charge in [-0.1, -0.05) is 6.92 Å². The maximum atomic E-state index is 7.45. The van der Waals surface area contributed by atoms with Gasteiger partial charge in [-0.25, -0.2) is 0 Å². The molecule has 0 heterocycles. The van der Waals surface area contributed by atoms with Gasteiger partial charge in [0, 0.05) is 7.64 Å². The van der Waals surface area contributed by atoms with Gasteiger partial charge < -0.3 is 9.47 Å². The number of rotatable bonds is 4. The molecule has 1 atom stereocenters. The predicted octanol–water partition coefficient (Wildman–Crippen LogP) is 2.82. The van der Waals surface area contributed by atoms with Crippen LogP contribution in [0.4, 0.5) is 0 Å². The molecular formula is C10H14O2S. The van der Waals surface area contributed by atoms with Gasteiger partial charge in [-0.3, -0.25) is 0 Å². The van der Waals surface area contributed by atoms with E-state index < -0.39 is 5.70 Å². The van der Waals surface area contributed by atoms with Crippen molar-refractivity contribution in [2.75, 3.05) is 19.9 Å². The van der Waals surface area contributed by atoms with Gasteiger partial charge in [-0.15, -0.1) is 11.8 Å². The summed E-state index contributed by atoms with van der Waals surface area (Å²) in [5, 5.41) is 0. The monoisotopic (exact) mass is 199 g/mol. The molecule has 0 amide bonds. The molecule has 1 aromatic carbocycles. The quantitative estimate of drug-likeness (QED) is 0.695. The Balaban J connectivity index is 2.93. The second-order valence-electron chi connectivity index (χ2n) is 2.32. The van der Waals surface area contributed by atoms with Crippen LogP contribution < -0.4 is 9.47 Å². The molecule has 0 bridgehead atoms. The van der Waals surface area contributed by atoms with Crippen molar-refractivity contribution in [3.63, 3.8) is 0 Å². The third-order valence-corrected chi connectivity index (χ3v) is 2.27. The first-order valence-corrected chi connectivity index (χ1v) is 4.69. The van der Waals surface area contributed by atoms with Crippen LogP contribution in [-0.4, -0.2) is 19.9 Å². The van der Waals surface area contributed by atoms with Crippen LogP contribution in [0, 0.1) is 0 Å². The zero-order valence-corrected chi connectivity index (χ0v) is 8.77. The highest BCUT2D eigenvalue weighted by Gasteiger charge is 2.03. The number of methoxy groups -OCH3 is 2. The van der Waals surface area contributed by atoms with E-state index in [2.05, 4.69) is 0 Å². The standard InChI is InChI=1S/C10H14O2S/c1-4-13-8-5-6-9(11-2)10(7-8)12-3/h5-7H,4H2,1-3H3/i4DH/t4-/m1/s1. The fourth-order valence-electron chi connectivity index (χ4n) is 0.998. The molecule has 3 heteroatoms. The molecule has 72 valence electrons. The van der Waals surface area contributed by atoms with Crippen LogP contribution in [0.25, 0.3) is 0 Å². The molecule has 0 N–H and O–H groups in total. The van der Waals surface area contributed by atoms with Crippen LogP contribution in [0.3, 0.4) is 0 Å². The lowest BCUT2D eigenvalue weighted by molar-refractivity contribution is 0.354. The van der Waals surface area contributed by atoms with Crippen molar-refractivity contribution in [3.8, 4) is 11.5 Å². The molecular weight excluding hydrogens is 184 g/mol. The molecule has 0 fully saturated rings. The van der Waals surface area contributed by atoms with Crippen LogP contribution in [0.2, 0.25) is 0 Å². The molecule has 2 nitrogen and oxygen atoms in total. The summed E-state index contributed by atoms with van der Waals surface area (Å²) in [6.45, 7) is 1.52. The van der Waals surface area contributed by atoms with Crippen molar-refractivity contribution < 1.29 is 12.2 Å². The minimum atomic E-state index is -1.29. The Labute approximate surface area is 86.1 Å². The lowest BCUT2D eigenvalue weighted by atomic mass is 10.3. The molecule has 0 unspecified atom stereocenters. The second kappa shape index (κ2) is 5.02. The van der Waals surface area contributed by atoms with E-state index in [1.165, 1.54) is 6.92 Å². The van der Waals surface area contributed by atoms with E-state index >= 15 is 0 Å². The average Bonchev–Trinajstić information content (AvgIpc) is 2.15. The zero-order chi connectivity index (χ0) is 11.5. The summed E-state index contributed by atoms with van der Waals surface area (Å²) in [6, 6.07) is 5.35. The van der Waals surface area contributed by atoms with Crippen molar-refractivity contribution in [1.82, 2.24) is 0 Å². The highest BCUT2D eigenvalue weighted by Crippen LogP contribution is 2.31. The van der Waals surface area contributed by atoms with Crippen molar-refractivity contribution in [1.29, 1.82) is 0 Å². The number of ether oxygens (including phenoxy) is 2. The lowest BCUT2D eigenvalue weighted by Gasteiger charge is -2.08. The van der Waals surface area contributed by atoms with E-state index in [1.54, 1.807) is 26.4 Å². The highest BCUT2D eigenvalue weighted by atomic mass is 32.2. The van der Waals surface area contributed by atoms with Gasteiger partial charge in [0.2, 0.25) is 0 Å². The summed E-state index contributed by atoms with van der Waals surface area (Å²) >= 11 is 1.15. The summed E-state index contributed by atoms with van der Waals surface area (Å²) in [4.78, 5) is 0.820. The summed E-state index contributed by atoms with van der Waals surface area (Å²) < 4.78 is 25.1. The molecule has 13 heavy (non-hydrogen) atoms. The van der Waals surface area contributed by atoms with Crippen molar-refractivity contribution in [2.24, 2.45) is 0 Å². The van der Waals surface area contributed by atoms with Gasteiger partial charge in [0.15, 0.2) is 11.5 Å². The van der Waals surface area contributed by atoms with Crippen molar-refractivity contribution >= 4 is 11.8 Å². The average molecular weight is 199 g/mol. The van der Waals surface area contributed by atoms with Crippen LogP contribution in [0.15, 0.2) is 23.1 Å². The summed E-state index contributed by atoms with van der Waals surface area (Å²) in [5.41, 5.74) is -1.29. The van der Waals surface area contributed by atoms with E-state index in [-0.39, 0.29) is 0 Å². The smallest absolute Gasteiger partial charge is 0.161 e. The fourth-order valence-corrected chi connectivity index (χ4v) is 1.54. The molecule has 0 radical (unpaired) electrons. The van der Waals surface area contributed by atoms with E-state index in [4.69, 9.17) is 12.2 Å². The zero-order valence-electron chi connectivity index (χ0n) is 9.96. The van der Waals surface area contributed by atoms with Crippen LogP contribution >= 0.6 is 11.8 Å². The van der Waals surface area contributed by atoms with Crippen molar-refractivity contribution in [2.45, 2.75) is 11.8 Å². The number of thioether (sulfide) groups is 1. The van der Waals surface area contributed by atoms with Gasteiger partial charge in [0.25, 0.3) is 0 Å². The lowest BCUT2D eigenvalue weighted by Crippen LogP contribution is -1.90. The molecule has 0 aromatic heterocycles. The van der Waals surface area contributed by atoms with Gasteiger partial charge in [0.1, 0.15) is 0 Å². The number of benzene rings is 1. The van der Waals surface area contributed by atoms with Gasteiger partial charge in [0.05, 0.1) is 14.2 Å². The summed E-state index contributed by atoms with van der Waals surface area (Å²) in [6.07, 6.45) is 0. The Morgan fingerprint density at radius 3 is 2.69 bits per heavy atom. The second-order valence-corrected chi connectivity index (χ2v) is 3.41. The van der Waals surface area contributed by atoms with E-state index in [9.17, 15) is 0 Å². The van der Waals surface area contributed by atoms with Gasteiger partial charge >= 0.3 is 0 Å². The number of hydrogen-bond donors (Lipinski definition) is 0. The molecule has 0 saturated carbocycles. The highest BCUT2D eigenvalue weighted by molar-refractivity contribution is 7.99. The third kappa shape index (κ3) is 2.56. The van der Waals surface area contributed by atoms with E-state index in [1.807, 2.05) is 6.07 Å². The minimum absolute atomic E-state index is 0.617. The Morgan fingerprint density at radius 1 is 1.46 bits per heavy atom. The summed E-state index contributed by atoms with van der Waals surface area (Å²) in [7, 11) is 3.14. The van der Waals surface area contributed by atoms with Crippen LogP contribution in [0.5, 0.6) is 11.5 Å². The van der Waals surface area contributed by atoms with Gasteiger partial charge in [-0.05, 0) is 23.9 Å². The fraction of sp³-hybridized carbons (Fsp3) is 0.400. The minimum Gasteiger partial charge on any atom is -0.493 e. The molecule has 0 aliphatic carbocycles. The maximum absolute atomic E-state index is 7.45. The SMILES string of the molecule is [1H][C@@]([2H])(C)Sc1ccc(OC)c(OC)c1. The predicted molar refractivity (Wildman–Crippen MR) is 55.9 cm³/mol. The summed E-state index contributed by atoms with van der Waals surface area (Å²) in [5.74, 6) is 1.27. The normalized spacial score (nSPS) is 16.8. The molecule has 0 aliphatic rings. The molecule has 0 spiro atoms. The first-order valence-electron chi connectivity index (χ1n) is 4.87. The first kappa shape index (κ1) is 7.56. The third-order valence-electron chi connectivity index (χ3n) is 1.57. The molecule has 0 saturated heterocycles. The largest absolute Gasteiger partial charge is 0.493 e. The van der Waals surface area contributed by atoms with E-state index in [0.717, 1.165) is 16.7 Å². The Hall–Kier alpha value is -0.830. The maximum Gasteiger partial charge on any atom is 0.161 e. The Kier molecular flexibility index (Phi) is 2.92.